The first-order chi connectivity index (χ1) is 16.7. The van der Waals surface area contributed by atoms with E-state index in [1.165, 1.54) is 7.11 Å². The Morgan fingerprint density at radius 3 is 2.28 bits per heavy atom. The molecular weight excluding hydrogens is 476 g/mol. The fraction of sp³-hybridized carbons (Fsp3) is 0.500. The highest BCUT2D eigenvalue weighted by Crippen LogP contribution is 2.36. The Labute approximate surface area is 215 Å². The fourth-order valence-corrected chi connectivity index (χ4v) is 5.25. The van der Waals surface area contributed by atoms with E-state index < -0.39 is 21.0 Å². The highest BCUT2D eigenvalue weighted by Gasteiger charge is 2.26. The van der Waals surface area contributed by atoms with Crippen molar-refractivity contribution >= 4 is 27.3 Å². The van der Waals surface area contributed by atoms with Crippen molar-refractivity contribution in [3.63, 3.8) is 0 Å². The monoisotopic (exact) mass is 516 g/mol. The average Bonchev–Trinajstić information content (AvgIpc) is 2.80. The second-order valence-electron chi connectivity index (χ2n) is 10.5. The van der Waals surface area contributed by atoms with Gasteiger partial charge in [0.05, 0.1) is 17.3 Å². The van der Waals surface area contributed by atoms with Gasteiger partial charge in [0.2, 0.25) is 11.8 Å². The van der Waals surface area contributed by atoms with Crippen LogP contribution in [-0.2, 0) is 20.0 Å². The van der Waals surface area contributed by atoms with Crippen molar-refractivity contribution in [2.24, 2.45) is 5.73 Å². The molecule has 0 aliphatic rings. The number of hydrogen-bond donors (Lipinski definition) is 2. The Bertz CT molecular complexity index is 1200. The van der Waals surface area contributed by atoms with Crippen LogP contribution in [-0.4, -0.2) is 32.6 Å². The minimum Gasteiger partial charge on any atom is -0.496 e. The second-order valence-corrected chi connectivity index (χ2v) is 13.0. The van der Waals surface area contributed by atoms with Gasteiger partial charge in [0.25, 0.3) is 0 Å². The number of benzene rings is 2. The van der Waals surface area contributed by atoms with Crippen LogP contribution in [0.4, 0.5) is 5.69 Å². The molecule has 3 N–H and O–H groups in total. The molecular formula is C28H40N2O5S. The van der Waals surface area contributed by atoms with Crippen LogP contribution in [0.15, 0.2) is 41.3 Å². The zero-order valence-corrected chi connectivity index (χ0v) is 23.3. The molecule has 2 aromatic carbocycles. The van der Waals surface area contributed by atoms with Gasteiger partial charge in [-0.15, -0.1) is 0 Å². The largest absolute Gasteiger partial charge is 0.496 e. The number of unbranched alkanes of at least 4 members (excludes halogenated alkanes) is 1. The maximum atomic E-state index is 13.3. The van der Waals surface area contributed by atoms with Gasteiger partial charge in [-0.3, -0.25) is 9.59 Å². The number of anilines is 1. The van der Waals surface area contributed by atoms with Crippen molar-refractivity contribution in [3.8, 4) is 5.75 Å². The number of carbonyl (C=O) groups is 2. The summed E-state index contributed by atoms with van der Waals surface area (Å²) in [7, 11) is -1.95. The molecule has 0 fully saturated rings. The zero-order chi connectivity index (χ0) is 27.3. The maximum absolute atomic E-state index is 13.3. The Morgan fingerprint density at radius 2 is 1.75 bits per heavy atom. The third kappa shape index (κ3) is 7.09. The lowest BCUT2D eigenvalue weighted by Crippen LogP contribution is -2.22. The van der Waals surface area contributed by atoms with Crippen molar-refractivity contribution in [2.45, 2.75) is 88.7 Å². The van der Waals surface area contributed by atoms with Crippen molar-refractivity contribution in [3.05, 3.63) is 53.1 Å². The molecule has 0 spiro atoms. The summed E-state index contributed by atoms with van der Waals surface area (Å²) in [6.45, 7) is 11.5. The molecule has 8 heteroatoms. The van der Waals surface area contributed by atoms with Gasteiger partial charge in [-0.1, -0.05) is 52.7 Å². The quantitative estimate of drug-likeness (QED) is 0.405. The SMILES string of the molecule is CCCCC(CC(=O)Nc1cc(C(N)=O)ccc1C(C)(C)C)c1ccc(S(=O)(=O)C(C)C)cc1OC. The fourth-order valence-electron chi connectivity index (χ4n) is 4.18. The molecule has 2 amide bonds. The maximum Gasteiger partial charge on any atom is 0.248 e. The molecule has 1 unspecified atom stereocenters. The number of rotatable bonds is 11. The van der Waals surface area contributed by atoms with Gasteiger partial charge in [-0.2, -0.15) is 0 Å². The zero-order valence-electron chi connectivity index (χ0n) is 22.5. The summed E-state index contributed by atoms with van der Waals surface area (Å²) >= 11 is 0. The molecule has 0 saturated heterocycles. The molecule has 7 nitrogen and oxygen atoms in total. The molecule has 0 heterocycles. The Kier molecular flexibility index (Phi) is 9.71. The molecule has 0 radical (unpaired) electrons. The summed E-state index contributed by atoms with van der Waals surface area (Å²) in [5, 5.41) is 2.44. The Morgan fingerprint density at radius 1 is 1.08 bits per heavy atom. The Hall–Kier alpha value is -2.87. The minimum atomic E-state index is -3.46. The van der Waals surface area contributed by atoms with Crippen LogP contribution < -0.4 is 15.8 Å². The average molecular weight is 517 g/mol. The lowest BCUT2D eigenvalue weighted by molar-refractivity contribution is -0.116. The molecule has 0 bridgehead atoms. The van der Waals surface area contributed by atoms with E-state index in [1.807, 2.05) is 26.8 Å². The predicted octanol–water partition coefficient (Wildman–Crippen LogP) is 5.58. The normalized spacial score (nSPS) is 12.9. The van der Waals surface area contributed by atoms with Crippen LogP contribution in [0, 0.1) is 0 Å². The molecule has 198 valence electrons. The number of methoxy groups -OCH3 is 1. The molecule has 0 aromatic heterocycles. The third-order valence-corrected chi connectivity index (χ3v) is 8.47. The highest BCUT2D eigenvalue weighted by molar-refractivity contribution is 7.92. The van der Waals surface area contributed by atoms with Crippen molar-refractivity contribution in [1.29, 1.82) is 0 Å². The topological polar surface area (TPSA) is 116 Å². The number of nitrogens with two attached hydrogens (primary N) is 1. The van der Waals surface area contributed by atoms with Gasteiger partial charge < -0.3 is 15.8 Å². The van der Waals surface area contributed by atoms with E-state index in [4.69, 9.17) is 10.5 Å². The predicted molar refractivity (Wildman–Crippen MR) is 144 cm³/mol. The minimum absolute atomic E-state index is 0.173. The first-order valence-corrected chi connectivity index (χ1v) is 13.9. The lowest BCUT2D eigenvalue weighted by atomic mass is 9.85. The summed E-state index contributed by atoms with van der Waals surface area (Å²) in [5.41, 5.74) is 7.78. The van der Waals surface area contributed by atoms with Gasteiger partial charge in [-0.25, -0.2) is 8.42 Å². The van der Waals surface area contributed by atoms with E-state index in [1.54, 1.807) is 44.2 Å². The van der Waals surface area contributed by atoms with Crippen LogP contribution in [0.3, 0.4) is 0 Å². The van der Waals surface area contributed by atoms with Crippen LogP contribution in [0.1, 0.15) is 94.6 Å². The summed E-state index contributed by atoms with van der Waals surface area (Å²) in [4.78, 5) is 25.2. The van der Waals surface area contributed by atoms with E-state index >= 15 is 0 Å². The third-order valence-electron chi connectivity index (χ3n) is 6.32. The van der Waals surface area contributed by atoms with Crippen LogP contribution in [0.25, 0.3) is 0 Å². The molecule has 36 heavy (non-hydrogen) atoms. The first-order valence-electron chi connectivity index (χ1n) is 12.4. The van der Waals surface area contributed by atoms with E-state index in [0.29, 0.717) is 17.0 Å². The summed E-state index contributed by atoms with van der Waals surface area (Å²) in [6, 6.07) is 10.0. The van der Waals surface area contributed by atoms with Crippen molar-refractivity contribution in [2.75, 3.05) is 12.4 Å². The lowest BCUT2D eigenvalue weighted by Gasteiger charge is -2.25. The second kappa shape index (κ2) is 11.9. The standard InChI is InChI=1S/C28H40N2O5S/c1-8-9-10-19(22-13-12-21(17-25(22)35-7)36(33,34)18(2)3)16-26(31)30-24-15-20(27(29)32)11-14-23(24)28(4,5)6/h11-15,17-19H,8-10,16H2,1-7H3,(H2,29,32)(H,30,31). The van der Waals surface area contributed by atoms with E-state index in [2.05, 4.69) is 12.2 Å². The summed E-state index contributed by atoms with van der Waals surface area (Å²) in [6.07, 6.45) is 2.77. The highest BCUT2D eigenvalue weighted by atomic mass is 32.2. The van der Waals surface area contributed by atoms with Gasteiger partial charge in [-0.05, 0) is 67.0 Å². The van der Waals surface area contributed by atoms with Gasteiger partial charge in [0.15, 0.2) is 9.84 Å². The van der Waals surface area contributed by atoms with E-state index in [9.17, 15) is 18.0 Å². The number of hydrogen-bond acceptors (Lipinski definition) is 5. The number of sulfone groups is 1. The van der Waals surface area contributed by atoms with E-state index in [-0.39, 0.29) is 28.6 Å². The molecule has 0 aliphatic carbocycles. The first kappa shape index (κ1) is 29.4. The van der Waals surface area contributed by atoms with Gasteiger partial charge in [0.1, 0.15) is 5.75 Å². The number of amides is 2. The Balaban J connectivity index is 2.42. The molecule has 1 atom stereocenters. The summed E-state index contributed by atoms with van der Waals surface area (Å²) < 4.78 is 30.9. The molecule has 0 aliphatic heterocycles. The number of nitrogens with one attached hydrogen (secondary N) is 1. The van der Waals surface area contributed by atoms with E-state index in [0.717, 1.165) is 30.4 Å². The van der Waals surface area contributed by atoms with Gasteiger partial charge >= 0.3 is 0 Å². The number of carbonyl (C=O) groups excluding carboxylic acids is 2. The molecule has 2 aromatic rings. The van der Waals surface area contributed by atoms with Crippen molar-refractivity contribution in [1.82, 2.24) is 0 Å². The number of ether oxygens (including phenoxy) is 1. The van der Waals surface area contributed by atoms with Crippen molar-refractivity contribution < 1.29 is 22.7 Å². The number of primary amides is 1. The van der Waals surface area contributed by atoms with Crippen LogP contribution in [0.2, 0.25) is 0 Å². The van der Waals surface area contributed by atoms with Gasteiger partial charge in [0, 0.05) is 17.7 Å². The van der Waals surface area contributed by atoms with Crippen LogP contribution >= 0.6 is 0 Å². The van der Waals surface area contributed by atoms with Crippen LogP contribution in [0.5, 0.6) is 5.75 Å². The summed E-state index contributed by atoms with van der Waals surface area (Å²) in [5.74, 6) is -0.484. The molecule has 2 rings (SSSR count). The molecule has 0 saturated carbocycles. The smallest absolute Gasteiger partial charge is 0.248 e.